The van der Waals surface area contributed by atoms with Crippen LogP contribution in [0.25, 0.3) is 0 Å². The number of hydrogen-bond acceptors (Lipinski definition) is 3. The molecule has 0 spiro atoms. The van der Waals surface area contributed by atoms with Gasteiger partial charge in [0.05, 0.1) is 17.3 Å². The molecule has 0 fully saturated rings. The minimum absolute atomic E-state index is 0.0319. The molecule has 0 unspecified atom stereocenters. The zero-order valence-corrected chi connectivity index (χ0v) is 17.6. The summed E-state index contributed by atoms with van der Waals surface area (Å²) in [5, 5.41) is 13.4. The molecule has 0 saturated heterocycles. The standard InChI is InChI=1S/C26H31N3O/c27-21-22-15-9-5-3-1-2-4-6-14-20-25(30)29(24-18-12-8-13-19-24)26(22)28-23-16-10-7-11-17-23/h7-8,10-13,16-19,28H,1-6,9,14-15,20H2/b26-22+. The van der Waals surface area contributed by atoms with Crippen LogP contribution in [0.5, 0.6) is 0 Å². The van der Waals surface area contributed by atoms with Gasteiger partial charge in [-0.15, -0.1) is 0 Å². The summed E-state index contributed by atoms with van der Waals surface area (Å²) in [4.78, 5) is 15.1. The van der Waals surface area contributed by atoms with Crippen LogP contribution in [0.2, 0.25) is 0 Å². The Morgan fingerprint density at radius 1 is 0.733 bits per heavy atom. The van der Waals surface area contributed by atoms with Gasteiger partial charge in [-0.3, -0.25) is 9.69 Å². The number of carbonyl (C=O) groups is 1. The molecule has 2 aromatic carbocycles. The topological polar surface area (TPSA) is 56.1 Å². The van der Waals surface area contributed by atoms with Crippen LogP contribution in [0.1, 0.15) is 64.2 Å². The van der Waals surface area contributed by atoms with E-state index in [0.717, 1.165) is 37.1 Å². The minimum atomic E-state index is 0.0319. The molecule has 1 amide bonds. The molecule has 0 atom stereocenters. The van der Waals surface area contributed by atoms with Crippen molar-refractivity contribution in [3.63, 3.8) is 0 Å². The molecule has 0 aliphatic carbocycles. The fraction of sp³-hybridized carbons (Fsp3) is 0.385. The van der Waals surface area contributed by atoms with Crippen LogP contribution < -0.4 is 10.2 Å². The number of benzene rings is 2. The van der Waals surface area contributed by atoms with Crippen molar-refractivity contribution in [1.82, 2.24) is 0 Å². The van der Waals surface area contributed by atoms with Gasteiger partial charge in [0.15, 0.2) is 0 Å². The Hall–Kier alpha value is -3.06. The second-order valence-electron chi connectivity index (χ2n) is 7.82. The Balaban J connectivity index is 2.03. The lowest BCUT2D eigenvalue weighted by atomic mass is 10.0. The minimum Gasteiger partial charge on any atom is -0.340 e. The number of nitrogens with zero attached hydrogens (tertiary/aromatic N) is 2. The van der Waals surface area contributed by atoms with Crippen LogP contribution in [0.3, 0.4) is 0 Å². The molecule has 2 aromatic rings. The largest absolute Gasteiger partial charge is 0.340 e. The van der Waals surface area contributed by atoms with E-state index in [1.54, 1.807) is 4.90 Å². The van der Waals surface area contributed by atoms with E-state index in [0.29, 0.717) is 24.2 Å². The van der Waals surface area contributed by atoms with Crippen molar-refractivity contribution in [2.75, 3.05) is 10.2 Å². The highest BCUT2D eigenvalue weighted by molar-refractivity contribution is 5.97. The molecule has 0 bridgehead atoms. The van der Waals surface area contributed by atoms with Crippen LogP contribution in [0.15, 0.2) is 72.1 Å². The van der Waals surface area contributed by atoms with Crippen molar-refractivity contribution in [2.45, 2.75) is 64.2 Å². The maximum atomic E-state index is 13.4. The van der Waals surface area contributed by atoms with E-state index in [2.05, 4.69) is 11.4 Å². The molecular formula is C26H31N3O. The highest BCUT2D eigenvalue weighted by atomic mass is 16.2. The van der Waals surface area contributed by atoms with Gasteiger partial charge < -0.3 is 5.32 Å². The van der Waals surface area contributed by atoms with Crippen LogP contribution in [-0.4, -0.2) is 5.91 Å². The number of amides is 1. The maximum Gasteiger partial charge on any atom is 0.232 e. The third kappa shape index (κ3) is 6.22. The summed E-state index contributed by atoms with van der Waals surface area (Å²) in [5.41, 5.74) is 2.30. The monoisotopic (exact) mass is 401 g/mol. The molecular weight excluding hydrogens is 370 g/mol. The second kappa shape index (κ2) is 11.8. The van der Waals surface area contributed by atoms with Crippen molar-refractivity contribution in [3.8, 4) is 6.07 Å². The van der Waals surface area contributed by atoms with Crippen molar-refractivity contribution in [1.29, 1.82) is 5.26 Å². The zero-order chi connectivity index (χ0) is 21.0. The van der Waals surface area contributed by atoms with Gasteiger partial charge in [0.25, 0.3) is 0 Å². The number of carbonyl (C=O) groups excluding carboxylic acids is 1. The van der Waals surface area contributed by atoms with Gasteiger partial charge in [0.1, 0.15) is 5.82 Å². The molecule has 1 aliphatic heterocycles. The van der Waals surface area contributed by atoms with Crippen molar-refractivity contribution in [3.05, 3.63) is 72.1 Å². The highest BCUT2D eigenvalue weighted by Gasteiger charge is 2.23. The van der Waals surface area contributed by atoms with Gasteiger partial charge >= 0.3 is 0 Å². The van der Waals surface area contributed by atoms with Gasteiger partial charge in [0.2, 0.25) is 5.91 Å². The van der Waals surface area contributed by atoms with Gasteiger partial charge in [-0.2, -0.15) is 5.26 Å². The molecule has 4 nitrogen and oxygen atoms in total. The number of para-hydroxylation sites is 2. The Bertz CT molecular complexity index is 868. The Morgan fingerprint density at radius 2 is 1.27 bits per heavy atom. The number of nitrogens with one attached hydrogen (secondary N) is 1. The molecule has 30 heavy (non-hydrogen) atoms. The lowest BCUT2D eigenvalue weighted by Crippen LogP contribution is -2.34. The van der Waals surface area contributed by atoms with Crippen LogP contribution >= 0.6 is 0 Å². The summed E-state index contributed by atoms with van der Waals surface area (Å²) in [6.07, 6.45) is 10.0. The SMILES string of the molecule is N#C/C1=C(\Nc2ccccc2)N(c2ccccc2)C(=O)CCCCCCCCCC1. The van der Waals surface area contributed by atoms with E-state index >= 15 is 0 Å². The van der Waals surface area contributed by atoms with E-state index in [1.165, 1.54) is 25.7 Å². The van der Waals surface area contributed by atoms with Crippen LogP contribution in [0.4, 0.5) is 11.4 Å². The molecule has 3 rings (SSSR count). The molecule has 1 N–H and O–H groups in total. The first-order valence-electron chi connectivity index (χ1n) is 11.1. The average molecular weight is 402 g/mol. The summed E-state index contributed by atoms with van der Waals surface area (Å²) in [7, 11) is 0. The number of rotatable bonds is 3. The first kappa shape index (κ1) is 21.6. The van der Waals surface area contributed by atoms with Crippen molar-refractivity contribution in [2.24, 2.45) is 0 Å². The smallest absolute Gasteiger partial charge is 0.232 e. The number of anilines is 2. The summed E-state index contributed by atoms with van der Waals surface area (Å²) < 4.78 is 0. The molecule has 4 heteroatoms. The van der Waals surface area contributed by atoms with Gasteiger partial charge in [-0.1, -0.05) is 74.9 Å². The number of allylic oxidation sites excluding steroid dienone is 1. The number of nitriles is 1. The lowest BCUT2D eigenvalue weighted by Gasteiger charge is -2.28. The summed E-state index contributed by atoms with van der Waals surface area (Å²) in [6, 6.07) is 21.8. The Kier molecular flexibility index (Phi) is 8.53. The zero-order valence-electron chi connectivity index (χ0n) is 17.6. The first-order chi connectivity index (χ1) is 14.8. The Morgan fingerprint density at radius 3 is 1.87 bits per heavy atom. The second-order valence-corrected chi connectivity index (χ2v) is 7.82. The molecule has 1 aliphatic rings. The quantitative estimate of drug-likeness (QED) is 0.616. The fourth-order valence-electron chi connectivity index (χ4n) is 3.88. The van der Waals surface area contributed by atoms with E-state index in [-0.39, 0.29) is 5.91 Å². The van der Waals surface area contributed by atoms with Crippen molar-refractivity contribution >= 4 is 17.3 Å². The average Bonchev–Trinajstić information content (AvgIpc) is 2.78. The molecule has 156 valence electrons. The first-order valence-corrected chi connectivity index (χ1v) is 11.1. The van der Waals surface area contributed by atoms with Gasteiger partial charge in [-0.05, 0) is 43.5 Å². The number of hydrogen-bond donors (Lipinski definition) is 1. The Labute approximate surface area is 180 Å². The third-order valence-corrected chi connectivity index (χ3v) is 5.51. The predicted octanol–water partition coefficient (Wildman–Crippen LogP) is 6.78. The summed E-state index contributed by atoms with van der Waals surface area (Å²) >= 11 is 0. The maximum absolute atomic E-state index is 13.4. The van der Waals surface area contributed by atoms with Crippen LogP contribution in [-0.2, 0) is 4.79 Å². The normalized spacial score (nSPS) is 19.6. The van der Waals surface area contributed by atoms with E-state index in [9.17, 15) is 10.1 Å². The van der Waals surface area contributed by atoms with E-state index < -0.39 is 0 Å². The lowest BCUT2D eigenvalue weighted by molar-refractivity contribution is -0.118. The van der Waals surface area contributed by atoms with E-state index in [1.807, 2.05) is 60.7 Å². The third-order valence-electron chi connectivity index (χ3n) is 5.51. The van der Waals surface area contributed by atoms with E-state index in [4.69, 9.17) is 0 Å². The summed E-state index contributed by atoms with van der Waals surface area (Å²) in [5.74, 6) is 0.626. The molecule has 1 heterocycles. The van der Waals surface area contributed by atoms with Crippen molar-refractivity contribution < 1.29 is 4.79 Å². The van der Waals surface area contributed by atoms with Crippen LogP contribution in [0, 0.1) is 11.3 Å². The molecule has 0 aromatic heterocycles. The fourth-order valence-corrected chi connectivity index (χ4v) is 3.88. The highest BCUT2D eigenvalue weighted by Crippen LogP contribution is 2.27. The van der Waals surface area contributed by atoms with Gasteiger partial charge in [-0.25, -0.2) is 0 Å². The molecule has 0 saturated carbocycles. The molecule has 0 radical (unpaired) electrons. The van der Waals surface area contributed by atoms with Gasteiger partial charge in [0, 0.05) is 12.1 Å². The predicted molar refractivity (Wildman–Crippen MR) is 123 cm³/mol. The summed E-state index contributed by atoms with van der Waals surface area (Å²) in [6.45, 7) is 0.